The van der Waals surface area contributed by atoms with E-state index in [0.717, 1.165) is 21.4 Å². The number of nitrogens with zero attached hydrogens (tertiary/aromatic N) is 2. The maximum atomic E-state index is 12.2. The topological polar surface area (TPSA) is 88.3 Å². The molecule has 0 saturated heterocycles. The first-order valence-corrected chi connectivity index (χ1v) is 8.09. The van der Waals surface area contributed by atoms with Crippen molar-refractivity contribution >= 4 is 32.4 Å². The third-order valence-corrected chi connectivity index (χ3v) is 5.55. The van der Waals surface area contributed by atoms with Gasteiger partial charge in [0.05, 0.1) is 0 Å². The molecule has 0 aliphatic rings. The summed E-state index contributed by atoms with van der Waals surface area (Å²) in [6, 6.07) is 9.69. The zero-order valence-corrected chi connectivity index (χ0v) is 12.8. The van der Waals surface area contributed by atoms with Gasteiger partial charge in [-0.25, -0.2) is 12.7 Å². The quantitative estimate of drug-likeness (QED) is 0.875. The third kappa shape index (κ3) is 2.92. The van der Waals surface area contributed by atoms with Crippen LogP contribution in [0.2, 0.25) is 0 Å². The molecule has 2 aromatic rings. The Morgan fingerprint density at radius 1 is 1.30 bits per heavy atom. The number of hydrogen-bond donors (Lipinski definition) is 2. The molecular formula is C12H16N4O2S2. The molecule has 0 radical (unpaired) electrons. The Morgan fingerprint density at radius 3 is 2.55 bits per heavy atom. The van der Waals surface area contributed by atoms with Crippen LogP contribution in [0.15, 0.2) is 35.2 Å². The highest BCUT2D eigenvalue weighted by Crippen LogP contribution is 2.33. The van der Waals surface area contributed by atoms with E-state index in [9.17, 15) is 8.42 Å². The van der Waals surface area contributed by atoms with E-state index in [2.05, 4.69) is 9.69 Å². The molecule has 0 aliphatic carbocycles. The van der Waals surface area contributed by atoms with E-state index >= 15 is 0 Å². The Bertz CT molecular complexity index is 681. The van der Waals surface area contributed by atoms with Crippen LogP contribution in [0.5, 0.6) is 0 Å². The van der Waals surface area contributed by atoms with Crippen molar-refractivity contribution in [3.05, 3.63) is 35.9 Å². The molecule has 0 fully saturated rings. The van der Waals surface area contributed by atoms with Crippen LogP contribution in [0.1, 0.15) is 5.56 Å². The van der Waals surface area contributed by atoms with E-state index < -0.39 is 10.0 Å². The van der Waals surface area contributed by atoms with Crippen LogP contribution in [-0.4, -0.2) is 31.2 Å². The van der Waals surface area contributed by atoms with Gasteiger partial charge in [-0.1, -0.05) is 30.3 Å². The number of aromatic nitrogens is 1. The summed E-state index contributed by atoms with van der Waals surface area (Å²) in [5.41, 5.74) is 6.74. The Morgan fingerprint density at radius 2 is 1.95 bits per heavy atom. The number of anilines is 2. The Labute approximate surface area is 122 Å². The molecule has 6 nitrogen and oxygen atoms in total. The lowest BCUT2D eigenvalue weighted by atomic mass is 10.2. The number of nitrogen functional groups attached to an aromatic ring is 1. The molecule has 3 N–H and O–H groups in total. The largest absolute Gasteiger partial charge is 0.382 e. The van der Waals surface area contributed by atoms with Gasteiger partial charge in [0.2, 0.25) is 10.0 Å². The molecule has 1 aromatic heterocycles. The van der Waals surface area contributed by atoms with Gasteiger partial charge in [-0.3, -0.25) is 0 Å². The highest BCUT2D eigenvalue weighted by molar-refractivity contribution is 7.89. The molecule has 0 atom stereocenters. The molecule has 108 valence electrons. The van der Waals surface area contributed by atoms with Crippen molar-refractivity contribution in [2.75, 3.05) is 25.1 Å². The van der Waals surface area contributed by atoms with Crippen LogP contribution in [-0.2, 0) is 16.6 Å². The van der Waals surface area contributed by atoms with Gasteiger partial charge in [0.25, 0.3) is 0 Å². The predicted molar refractivity (Wildman–Crippen MR) is 81.2 cm³/mol. The van der Waals surface area contributed by atoms with E-state index in [0.29, 0.717) is 11.5 Å². The van der Waals surface area contributed by atoms with Gasteiger partial charge in [-0.2, -0.15) is 4.37 Å². The lowest BCUT2D eigenvalue weighted by Gasteiger charge is -2.12. The molecule has 0 aliphatic heterocycles. The summed E-state index contributed by atoms with van der Waals surface area (Å²) in [4.78, 5) is 0.0448. The van der Waals surface area contributed by atoms with Crippen LogP contribution < -0.4 is 11.1 Å². The van der Waals surface area contributed by atoms with Crippen molar-refractivity contribution in [3.63, 3.8) is 0 Å². The summed E-state index contributed by atoms with van der Waals surface area (Å²) in [5, 5.41) is 3.54. The molecule has 8 heteroatoms. The van der Waals surface area contributed by atoms with Gasteiger partial charge < -0.3 is 11.1 Å². The fourth-order valence-corrected chi connectivity index (χ4v) is 3.69. The van der Waals surface area contributed by atoms with Crippen molar-refractivity contribution in [3.8, 4) is 0 Å². The second-order valence-electron chi connectivity index (χ2n) is 4.35. The minimum Gasteiger partial charge on any atom is -0.382 e. The first-order valence-electron chi connectivity index (χ1n) is 5.88. The number of sulfonamides is 1. The minimum atomic E-state index is -3.61. The number of hydrogen-bond acceptors (Lipinski definition) is 6. The van der Waals surface area contributed by atoms with Crippen LogP contribution >= 0.6 is 11.5 Å². The standard InChI is InChI=1S/C12H16N4O2S2/c1-16(2)20(17,18)10-11(13)15-19-12(10)14-8-9-6-4-3-5-7-9/h3-7,14H,8H2,1-2H3,(H2,13,15). The second-order valence-corrected chi connectivity index (χ2v) is 7.21. The van der Waals surface area contributed by atoms with Crippen LogP contribution in [0.25, 0.3) is 0 Å². The zero-order chi connectivity index (χ0) is 14.8. The monoisotopic (exact) mass is 312 g/mol. The molecule has 0 amide bonds. The Hall–Kier alpha value is -1.64. The fourth-order valence-electron chi connectivity index (χ4n) is 1.62. The van der Waals surface area contributed by atoms with Gasteiger partial charge in [0, 0.05) is 20.6 Å². The lowest BCUT2D eigenvalue weighted by Crippen LogP contribution is -2.23. The van der Waals surface area contributed by atoms with Gasteiger partial charge in [0.15, 0.2) is 10.7 Å². The minimum absolute atomic E-state index is 0.0271. The Balaban J connectivity index is 2.26. The van der Waals surface area contributed by atoms with Crippen LogP contribution in [0.3, 0.4) is 0 Å². The van der Waals surface area contributed by atoms with Crippen molar-refractivity contribution in [2.24, 2.45) is 0 Å². The number of rotatable bonds is 5. The second kappa shape index (κ2) is 5.78. The highest BCUT2D eigenvalue weighted by atomic mass is 32.2. The Kier molecular flexibility index (Phi) is 4.26. The average Bonchev–Trinajstić information content (AvgIpc) is 2.79. The smallest absolute Gasteiger partial charge is 0.249 e. The third-order valence-electron chi connectivity index (χ3n) is 2.71. The molecule has 2 rings (SSSR count). The van der Waals surface area contributed by atoms with Crippen molar-refractivity contribution in [1.29, 1.82) is 0 Å². The van der Waals surface area contributed by atoms with Gasteiger partial charge in [-0.05, 0) is 17.1 Å². The molecular weight excluding hydrogens is 296 g/mol. The summed E-state index contributed by atoms with van der Waals surface area (Å²) < 4.78 is 29.5. The normalized spacial score (nSPS) is 11.8. The van der Waals surface area contributed by atoms with Crippen molar-refractivity contribution in [1.82, 2.24) is 8.68 Å². The van der Waals surface area contributed by atoms with Crippen molar-refractivity contribution < 1.29 is 8.42 Å². The summed E-state index contributed by atoms with van der Waals surface area (Å²) in [6.45, 7) is 0.512. The van der Waals surface area contributed by atoms with Crippen molar-refractivity contribution in [2.45, 2.75) is 11.4 Å². The molecule has 0 unspecified atom stereocenters. The SMILES string of the molecule is CN(C)S(=O)(=O)c1c(N)nsc1NCc1ccccc1. The van der Waals surface area contributed by atoms with E-state index in [4.69, 9.17) is 5.73 Å². The number of benzene rings is 1. The summed E-state index contributed by atoms with van der Waals surface area (Å²) in [7, 11) is -0.674. The molecule has 1 heterocycles. The molecule has 0 saturated carbocycles. The highest BCUT2D eigenvalue weighted by Gasteiger charge is 2.27. The first-order chi connectivity index (χ1) is 9.43. The average molecular weight is 312 g/mol. The van der Waals surface area contributed by atoms with E-state index in [1.807, 2.05) is 30.3 Å². The molecule has 20 heavy (non-hydrogen) atoms. The van der Waals surface area contributed by atoms with E-state index in [1.165, 1.54) is 14.1 Å². The summed E-state index contributed by atoms with van der Waals surface area (Å²) in [5.74, 6) is 0.0271. The number of nitrogens with one attached hydrogen (secondary N) is 1. The maximum absolute atomic E-state index is 12.2. The summed E-state index contributed by atoms with van der Waals surface area (Å²) in [6.07, 6.45) is 0. The molecule has 1 aromatic carbocycles. The first kappa shape index (κ1) is 14.8. The van der Waals surface area contributed by atoms with Gasteiger partial charge >= 0.3 is 0 Å². The van der Waals surface area contributed by atoms with Crippen LogP contribution in [0, 0.1) is 0 Å². The molecule has 0 spiro atoms. The van der Waals surface area contributed by atoms with Crippen LogP contribution in [0.4, 0.5) is 10.8 Å². The zero-order valence-electron chi connectivity index (χ0n) is 11.2. The van der Waals surface area contributed by atoms with E-state index in [-0.39, 0.29) is 10.7 Å². The maximum Gasteiger partial charge on any atom is 0.249 e. The number of nitrogens with two attached hydrogens (primary N) is 1. The summed E-state index contributed by atoms with van der Waals surface area (Å²) >= 11 is 1.05. The van der Waals surface area contributed by atoms with E-state index in [1.54, 1.807) is 0 Å². The van der Waals surface area contributed by atoms with Gasteiger partial charge in [-0.15, -0.1) is 0 Å². The predicted octanol–water partition coefficient (Wildman–Crippen LogP) is 1.59. The molecule has 0 bridgehead atoms. The fraction of sp³-hybridized carbons (Fsp3) is 0.250. The van der Waals surface area contributed by atoms with Gasteiger partial charge in [0.1, 0.15) is 5.00 Å². The lowest BCUT2D eigenvalue weighted by molar-refractivity contribution is 0.521.